The Morgan fingerprint density at radius 2 is 1.96 bits per heavy atom. The van der Waals surface area contributed by atoms with Gasteiger partial charge in [0.2, 0.25) is 5.91 Å². The van der Waals surface area contributed by atoms with Crippen LogP contribution >= 0.6 is 0 Å². The van der Waals surface area contributed by atoms with Crippen molar-refractivity contribution in [1.29, 1.82) is 0 Å². The lowest BCUT2D eigenvalue weighted by Gasteiger charge is -2.07. The zero-order chi connectivity index (χ0) is 19.2. The van der Waals surface area contributed by atoms with Crippen molar-refractivity contribution >= 4 is 11.4 Å². The topological polar surface area (TPSA) is 86.9 Å². The van der Waals surface area contributed by atoms with E-state index in [4.69, 9.17) is 9.47 Å². The molecule has 8 heteroatoms. The third-order valence-corrected chi connectivity index (χ3v) is 4.15. The highest BCUT2D eigenvalue weighted by atomic mass is 16.5. The standard InChI is InChI=1S/C19H22N4O4/c1-26-11-3-8-20-18(24)13-22-9-10-23-17(19(22)25)12-16(21-23)14-4-6-15(27-2)7-5-14/h4-7,9-10,12H,3,8,11,13H2,1-2H3,(H,20,24). The largest absolute Gasteiger partial charge is 0.497 e. The van der Waals surface area contributed by atoms with Gasteiger partial charge < -0.3 is 19.4 Å². The van der Waals surface area contributed by atoms with Gasteiger partial charge in [-0.15, -0.1) is 0 Å². The molecule has 0 radical (unpaired) electrons. The summed E-state index contributed by atoms with van der Waals surface area (Å²) in [6.07, 6.45) is 3.96. The zero-order valence-electron chi connectivity index (χ0n) is 15.3. The fourth-order valence-corrected chi connectivity index (χ4v) is 2.71. The maximum absolute atomic E-state index is 12.7. The molecule has 0 fully saturated rings. The minimum atomic E-state index is -0.267. The molecule has 3 aromatic rings. The summed E-state index contributed by atoms with van der Waals surface area (Å²) in [5, 5.41) is 7.21. The number of hydrogen-bond acceptors (Lipinski definition) is 5. The molecule has 0 atom stereocenters. The van der Waals surface area contributed by atoms with E-state index in [9.17, 15) is 9.59 Å². The van der Waals surface area contributed by atoms with Crippen molar-refractivity contribution in [3.63, 3.8) is 0 Å². The molecule has 0 aliphatic carbocycles. The summed E-state index contributed by atoms with van der Waals surface area (Å²) in [5.41, 5.74) is 1.70. The van der Waals surface area contributed by atoms with Crippen LogP contribution in [0.2, 0.25) is 0 Å². The Morgan fingerprint density at radius 1 is 1.19 bits per heavy atom. The van der Waals surface area contributed by atoms with Crippen LogP contribution in [0.1, 0.15) is 6.42 Å². The summed E-state index contributed by atoms with van der Waals surface area (Å²) in [6, 6.07) is 9.16. The Hall–Kier alpha value is -3.13. The van der Waals surface area contributed by atoms with Gasteiger partial charge in [0.15, 0.2) is 0 Å². The smallest absolute Gasteiger partial charge is 0.277 e. The molecule has 27 heavy (non-hydrogen) atoms. The van der Waals surface area contributed by atoms with E-state index in [0.717, 1.165) is 17.7 Å². The third-order valence-electron chi connectivity index (χ3n) is 4.15. The number of carbonyl (C=O) groups is 1. The number of hydrogen-bond donors (Lipinski definition) is 1. The molecule has 2 heterocycles. The molecule has 0 aliphatic heterocycles. The van der Waals surface area contributed by atoms with Crippen molar-refractivity contribution < 1.29 is 14.3 Å². The van der Waals surface area contributed by atoms with Crippen LogP contribution in [0, 0.1) is 0 Å². The number of nitrogens with one attached hydrogen (secondary N) is 1. The molecule has 0 aliphatic rings. The molecule has 0 saturated heterocycles. The Morgan fingerprint density at radius 3 is 2.67 bits per heavy atom. The van der Waals surface area contributed by atoms with E-state index in [0.29, 0.717) is 24.4 Å². The number of nitrogens with zero attached hydrogens (tertiary/aromatic N) is 3. The van der Waals surface area contributed by atoms with E-state index in [-0.39, 0.29) is 18.0 Å². The van der Waals surface area contributed by atoms with Crippen LogP contribution in [0.4, 0.5) is 0 Å². The summed E-state index contributed by atoms with van der Waals surface area (Å²) >= 11 is 0. The molecule has 142 valence electrons. The molecule has 1 amide bonds. The Kier molecular flexibility index (Phi) is 5.87. The van der Waals surface area contributed by atoms with Crippen molar-refractivity contribution in [1.82, 2.24) is 19.5 Å². The Labute approximate surface area is 156 Å². The van der Waals surface area contributed by atoms with E-state index < -0.39 is 0 Å². The molecule has 0 bridgehead atoms. The molecule has 1 aromatic carbocycles. The second-order valence-electron chi connectivity index (χ2n) is 6.02. The Balaban J connectivity index is 1.78. The molecular formula is C19H22N4O4. The van der Waals surface area contributed by atoms with Crippen molar-refractivity contribution in [3.8, 4) is 17.0 Å². The van der Waals surface area contributed by atoms with Crippen LogP contribution in [0.3, 0.4) is 0 Å². The lowest BCUT2D eigenvalue weighted by molar-refractivity contribution is -0.121. The summed E-state index contributed by atoms with van der Waals surface area (Å²) < 4.78 is 13.0. The van der Waals surface area contributed by atoms with Crippen LogP contribution in [0.5, 0.6) is 5.75 Å². The SMILES string of the molecule is COCCCNC(=O)Cn1ccn2nc(-c3ccc(OC)cc3)cc2c1=O. The van der Waals surface area contributed by atoms with Gasteiger partial charge in [0.05, 0.1) is 12.8 Å². The molecule has 0 saturated carbocycles. The van der Waals surface area contributed by atoms with Gasteiger partial charge in [-0.25, -0.2) is 4.52 Å². The average Bonchev–Trinajstić information content (AvgIpc) is 3.13. The van der Waals surface area contributed by atoms with Crippen LogP contribution < -0.4 is 15.6 Å². The predicted octanol–water partition coefficient (Wildman–Crippen LogP) is 1.32. The van der Waals surface area contributed by atoms with E-state index in [1.54, 1.807) is 32.7 Å². The fourth-order valence-electron chi connectivity index (χ4n) is 2.71. The maximum atomic E-state index is 12.7. The first kappa shape index (κ1) is 18.7. The Bertz CT molecular complexity index is 976. The minimum absolute atomic E-state index is 0.0363. The molecular weight excluding hydrogens is 348 g/mol. The van der Waals surface area contributed by atoms with E-state index in [2.05, 4.69) is 10.4 Å². The maximum Gasteiger partial charge on any atom is 0.277 e. The van der Waals surface area contributed by atoms with Gasteiger partial charge in [-0.2, -0.15) is 5.10 Å². The first-order chi connectivity index (χ1) is 13.1. The predicted molar refractivity (Wildman–Crippen MR) is 101 cm³/mol. The van der Waals surface area contributed by atoms with Crippen molar-refractivity contribution in [2.45, 2.75) is 13.0 Å². The van der Waals surface area contributed by atoms with Gasteiger partial charge in [-0.3, -0.25) is 9.59 Å². The number of rotatable bonds is 8. The number of methoxy groups -OCH3 is 2. The minimum Gasteiger partial charge on any atom is -0.497 e. The summed E-state index contributed by atoms with van der Waals surface area (Å²) in [7, 11) is 3.22. The summed E-state index contributed by atoms with van der Waals surface area (Å²) in [4.78, 5) is 24.7. The number of amides is 1. The second kappa shape index (κ2) is 8.50. The lowest BCUT2D eigenvalue weighted by atomic mass is 10.1. The quantitative estimate of drug-likeness (QED) is 0.605. The van der Waals surface area contributed by atoms with Crippen LogP contribution in [0.25, 0.3) is 16.8 Å². The van der Waals surface area contributed by atoms with E-state index in [1.165, 1.54) is 9.08 Å². The molecule has 0 unspecified atom stereocenters. The van der Waals surface area contributed by atoms with Crippen LogP contribution in [-0.4, -0.2) is 47.5 Å². The average molecular weight is 370 g/mol. The highest BCUT2D eigenvalue weighted by molar-refractivity contribution is 5.75. The fraction of sp³-hybridized carbons (Fsp3) is 0.316. The van der Waals surface area contributed by atoms with Gasteiger partial charge >= 0.3 is 0 Å². The number of aromatic nitrogens is 3. The van der Waals surface area contributed by atoms with E-state index >= 15 is 0 Å². The molecule has 0 spiro atoms. The van der Waals surface area contributed by atoms with Gasteiger partial charge in [0.1, 0.15) is 17.8 Å². The molecule has 3 rings (SSSR count). The summed E-state index contributed by atoms with van der Waals surface area (Å²) in [6.45, 7) is 1.06. The molecule has 8 nitrogen and oxygen atoms in total. The number of ether oxygens (including phenoxy) is 2. The van der Waals surface area contributed by atoms with Crippen LogP contribution in [-0.2, 0) is 16.1 Å². The summed E-state index contributed by atoms with van der Waals surface area (Å²) in [5.74, 6) is 0.536. The normalized spacial score (nSPS) is 10.9. The van der Waals surface area contributed by atoms with E-state index in [1.807, 2.05) is 24.3 Å². The third kappa shape index (κ3) is 4.35. The lowest BCUT2D eigenvalue weighted by Crippen LogP contribution is -2.33. The van der Waals surface area contributed by atoms with Gasteiger partial charge in [0, 0.05) is 38.2 Å². The molecule has 2 aromatic heterocycles. The van der Waals surface area contributed by atoms with Gasteiger partial charge in [0.25, 0.3) is 5.56 Å². The van der Waals surface area contributed by atoms with Crippen molar-refractivity contribution in [3.05, 3.63) is 53.1 Å². The molecule has 1 N–H and O–H groups in total. The highest BCUT2D eigenvalue weighted by Gasteiger charge is 2.11. The van der Waals surface area contributed by atoms with Gasteiger partial charge in [-0.1, -0.05) is 0 Å². The second-order valence-corrected chi connectivity index (χ2v) is 6.02. The monoisotopic (exact) mass is 370 g/mol. The number of benzene rings is 1. The number of carbonyl (C=O) groups excluding carboxylic acids is 1. The first-order valence-corrected chi connectivity index (χ1v) is 8.61. The van der Waals surface area contributed by atoms with Crippen molar-refractivity contribution in [2.75, 3.05) is 27.4 Å². The first-order valence-electron chi connectivity index (χ1n) is 8.61. The van der Waals surface area contributed by atoms with Gasteiger partial charge in [-0.05, 0) is 36.8 Å². The zero-order valence-corrected chi connectivity index (χ0v) is 15.3. The highest BCUT2D eigenvalue weighted by Crippen LogP contribution is 2.21. The van der Waals surface area contributed by atoms with Crippen LogP contribution in [0.15, 0.2) is 47.5 Å². The number of fused-ring (bicyclic) bond motifs is 1. The van der Waals surface area contributed by atoms with Crippen molar-refractivity contribution in [2.24, 2.45) is 0 Å².